The van der Waals surface area contributed by atoms with Gasteiger partial charge >= 0.3 is 0 Å². The first kappa shape index (κ1) is 21.9. The number of fused-ring (bicyclic) bond motifs is 4. The largest absolute Gasteiger partial charge is 0.424 e. The maximum Gasteiger partial charge on any atom is 0.295 e. The molecule has 1 aliphatic heterocycles. The first-order valence-corrected chi connectivity index (χ1v) is 14.1. The van der Waals surface area contributed by atoms with Crippen molar-refractivity contribution in [3.8, 4) is 11.3 Å². The highest BCUT2D eigenvalue weighted by Gasteiger charge is 2.57. The number of anilines is 1. The molecule has 6 nitrogen and oxygen atoms in total. The van der Waals surface area contributed by atoms with Gasteiger partial charge in [0.1, 0.15) is 5.52 Å². The van der Waals surface area contributed by atoms with Crippen LogP contribution in [-0.4, -0.2) is 32.3 Å². The minimum absolute atomic E-state index is 0.0823. The second-order valence-electron chi connectivity index (χ2n) is 12.2. The maximum absolute atomic E-state index is 11.9. The number of aromatic nitrogens is 3. The summed E-state index contributed by atoms with van der Waals surface area (Å²) in [7, 11) is 0. The number of aliphatic hydroxyl groups is 1. The maximum atomic E-state index is 11.9. The van der Waals surface area contributed by atoms with Crippen molar-refractivity contribution in [2.75, 3.05) is 11.9 Å². The molecule has 6 heteroatoms. The smallest absolute Gasteiger partial charge is 0.295 e. The van der Waals surface area contributed by atoms with E-state index in [1.807, 2.05) is 36.8 Å². The molecule has 2 aromatic heterocycles. The normalized spacial score (nSPS) is 32.0. The van der Waals surface area contributed by atoms with Gasteiger partial charge in [-0.2, -0.15) is 4.98 Å². The van der Waals surface area contributed by atoms with E-state index >= 15 is 0 Å². The molecule has 3 heterocycles. The Morgan fingerprint density at radius 1 is 1.05 bits per heavy atom. The Balaban J connectivity index is 0.967. The van der Waals surface area contributed by atoms with Crippen LogP contribution in [0.25, 0.3) is 22.4 Å². The average molecular weight is 495 g/mol. The van der Waals surface area contributed by atoms with Crippen LogP contribution in [0.1, 0.15) is 56.6 Å². The standard InChI is InChI=1S/C31H34N4O2/c36-29(13-26-23-5-1-2-6-24(23)27-17-32-18-35(26)27)31-14-19-11-20(15-31)22(21(12-19)16-31)9-10-33-30-34-25-7-3-4-8-28(25)37-30/h1-8,17-22,26,29,36H,9-16H2,(H,33,34). The van der Waals surface area contributed by atoms with Gasteiger partial charge in [0, 0.05) is 12.1 Å². The van der Waals surface area contributed by atoms with Crippen molar-refractivity contribution in [2.45, 2.75) is 57.1 Å². The summed E-state index contributed by atoms with van der Waals surface area (Å²) in [5, 5.41) is 15.3. The SMILES string of the molecule is OC(CC1c2ccccc2-c2cncn21)C12CC3CC(C1)C(CCNc1nc4ccccc4o1)C(C3)C2. The molecule has 0 spiro atoms. The Morgan fingerprint density at radius 3 is 2.73 bits per heavy atom. The van der Waals surface area contributed by atoms with Crippen molar-refractivity contribution in [2.24, 2.45) is 29.1 Å². The topological polar surface area (TPSA) is 76.1 Å². The molecule has 4 fully saturated rings. The number of hydrogen-bond donors (Lipinski definition) is 2. The summed E-state index contributed by atoms with van der Waals surface area (Å²) in [4.78, 5) is 9.01. The minimum Gasteiger partial charge on any atom is -0.424 e. The van der Waals surface area contributed by atoms with Crippen LogP contribution < -0.4 is 5.32 Å². The molecule has 37 heavy (non-hydrogen) atoms. The summed E-state index contributed by atoms with van der Waals surface area (Å²) in [6, 6.07) is 17.4. The highest BCUT2D eigenvalue weighted by atomic mass is 16.4. The Labute approximate surface area is 217 Å². The van der Waals surface area contributed by atoms with Gasteiger partial charge < -0.3 is 19.4 Å². The van der Waals surface area contributed by atoms with Gasteiger partial charge in [0.05, 0.1) is 30.4 Å². The predicted molar refractivity (Wildman–Crippen MR) is 143 cm³/mol. The fourth-order valence-corrected chi connectivity index (χ4v) is 9.00. The van der Waals surface area contributed by atoms with E-state index in [4.69, 9.17) is 4.42 Å². The van der Waals surface area contributed by atoms with E-state index in [1.54, 1.807) is 0 Å². The third-order valence-electron chi connectivity index (χ3n) is 10.3. The van der Waals surface area contributed by atoms with Crippen LogP contribution in [0.3, 0.4) is 0 Å². The number of para-hydroxylation sites is 2. The summed E-state index contributed by atoms with van der Waals surface area (Å²) >= 11 is 0. The van der Waals surface area contributed by atoms with E-state index in [9.17, 15) is 5.11 Å². The molecule has 4 aliphatic carbocycles. The van der Waals surface area contributed by atoms with E-state index in [2.05, 4.69) is 44.1 Å². The first-order valence-electron chi connectivity index (χ1n) is 14.1. The Bertz CT molecular complexity index is 1410. The second-order valence-corrected chi connectivity index (χ2v) is 12.2. The van der Waals surface area contributed by atoms with E-state index < -0.39 is 0 Å². The molecule has 4 unspecified atom stereocenters. The molecule has 2 aromatic carbocycles. The molecular weight excluding hydrogens is 460 g/mol. The molecule has 4 saturated carbocycles. The highest BCUT2D eigenvalue weighted by Crippen LogP contribution is 2.64. The number of oxazole rings is 1. The lowest BCUT2D eigenvalue weighted by Crippen LogP contribution is -2.55. The molecule has 4 atom stereocenters. The van der Waals surface area contributed by atoms with Crippen LogP contribution in [0.2, 0.25) is 0 Å². The summed E-state index contributed by atoms with van der Waals surface area (Å²) < 4.78 is 8.16. The van der Waals surface area contributed by atoms with Crippen molar-refractivity contribution in [3.63, 3.8) is 0 Å². The first-order chi connectivity index (χ1) is 18.2. The molecule has 190 valence electrons. The molecular formula is C31H34N4O2. The van der Waals surface area contributed by atoms with Gasteiger partial charge in [-0.25, -0.2) is 4.98 Å². The van der Waals surface area contributed by atoms with E-state index in [0.29, 0.717) is 6.01 Å². The van der Waals surface area contributed by atoms with Gasteiger partial charge in [0.25, 0.3) is 6.01 Å². The van der Waals surface area contributed by atoms with Gasteiger partial charge in [-0.3, -0.25) is 0 Å². The molecule has 4 bridgehead atoms. The minimum atomic E-state index is -0.272. The summed E-state index contributed by atoms with van der Waals surface area (Å²) in [6.07, 6.45) is 11.8. The van der Waals surface area contributed by atoms with Gasteiger partial charge in [-0.15, -0.1) is 0 Å². The van der Waals surface area contributed by atoms with E-state index in [-0.39, 0.29) is 17.6 Å². The Morgan fingerprint density at radius 2 is 1.86 bits per heavy atom. The zero-order valence-electron chi connectivity index (χ0n) is 21.1. The van der Waals surface area contributed by atoms with Gasteiger partial charge in [0.15, 0.2) is 5.58 Å². The summed E-state index contributed by atoms with van der Waals surface area (Å²) in [6.45, 7) is 0.896. The lowest BCUT2D eigenvalue weighted by molar-refractivity contribution is -0.151. The molecule has 2 N–H and O–H groups in total. The fourth-order valence-electron chi connectivity index (χ4n) is 9.00. The fraction of sp³-hybridized carbons (Fsp3) is 0.484. The van der Waals surface area contributed by atoms with Gasteiger partial charge in [-0.1, -0.05) is 36.4 Å². The quantitative estimate of drug-likeness (QED) is 0.316. The zero-order valence-corrected chi connectivity index (χ0v) is 21.1. The predicted octanol–water partition coefficient (Wildman–Crippen LogP) is 6.29. The second kappa shape index (κ2) is 8.19. The Hall–Kier alpha value is -3.12. The van der Waals surface area contributed by atoms with Crippen LogP contribution in [0.5, 0.6) is 0 Å². The number of benzene rings is 2. The number of nitrogens with one attached hydrogen (secondary N) is 1. The van der Waals surface area contributed by atoms with Gasteiger partial charge in [0.2, 0.25) is 0 Å². The number of imidazole rings is 1. The zero-order chi connectivity index (χ0) is 24.6. The van der Waals surface area contributed by atoms with Crippen LogP contribution >= 0.6 is 0 Å². The van der Waals surface area contributed by atoms with Crippen molar-refractivity contribution >= 4 is 17.1 Å². The third kappa shape index (κ3) is 3.41. The molecule has 0 amide bonds. The molecule has 9 rings (SSSR count). The lowest BCUT2D eigenvalue weighted by atomic mass is 9.44. The lowest BCUT2D eigenvalue weighted by Gasteiger charge is -2.62. The van der Waals surface area contributed by atoms with Crippen LogP contribution in [0.4, 0.5) is 6.01 Å². The van der Waals surface area contributed by atoms with Crippen molar-refractivity contribution in [1.82, 2.24) is 14.5 Å². The molecule has 0 saturated heterocycles. The van der Waals surface area contributed by atoms with Crippen molar-refractivity contribution in [3.05, 3.63) is 66.6 Å². The van der Waals surface area contributed by atoms with E-state index in [0.717, 1.165) is 54.2 Å². The highest BCUT2D eigenvalue weighted by molar-refractivity contribution is 5.74. The van der Waals surface area contributed by atoms with Crippen molar-refractivity contribution in [1.29, 1.82) is 0 Å². The number of nitrogens with zero attached hydrogens (tertiary/aromatic N) is 3. The van der Waals surface area contributed by atoms with Crippen LogP contribution in [0.15, 0.2) is 65.5 Å². The third-order valence-corrected chi connectivity index (χ3v) is 10.3. The number of rotatable bonds is 7. The average Bonchev–Trinajstić information content (AvgIpc) is 3.61. The summed E-state index contributed by atoms with van der Waals surface area (Å²) in [5.74, 6) is 2.98. The number of hydrogen-bond acceptors (Lipinski definition) is 5. The van der Waals surface area contributed by atoms with Crippen molar-refractivity contribution < 1.29 is 9.52 Å². The molecule has 5 aliphatic rings. The Kier molecular flexibility index (Phi) is 4.85. The monoisotopic (exact) mass is 494 g/mol. The number of aliphatic hydroxyl groups excluding tert-OH is 1. The van der Waals surface area contributed by atoms with Crippen LogP contribution in [-0.2, 0) is 0 Å². The summed E-state index contributed by atoms with van der Waals surface area (Å²) in [5.41, 5.74) is 5.62. The molecule has 0 radical (unpaired) electrons. The van der Waals surface area contributed by atoms with Gasteiger partial charge in [-0.05, 0) is 91.7 Å². The van der Waals surface area contributed by atoms with E-state index in [1.165, 1.54) is 48.9 Å². The molecule has 4 aromatic rings. The van der Waals surface area contributed by atoms with Crippen LogP contribution in [0, 0.1) is 29.1 Å².